The highest BCUT2D eigenvalue weighted by Crippen LogP contribution is 2.12. The zero-order valence-corrected chi connectivity index (χ0v) is 12.8. The lowest BCUT2D eigenvalue weighted by Crippen LogP contribution is -3.10. The number of hydrogen-bond donors (Lipinski definition) is 1. The topological polar surface area (TPSA) is 61.9 Å². The molecule has 21 heavy (non-hydrogen) atoms. The number of rotatable bonds is 8. The Morgan fingerprint density at radius 3 is 2.62 bits per heavy atom. The largest absolute Gasteiger partial charge is 0.550 e. The van der Waals surface area contributed by atoms with Crippen LogP contribution in [-0.2, 0) is 17.8 Å². The van der Waals surface area contributed by atoms with Crippen LogP contribution in [0.25, 0.3) is 5.65 Å². The van der Waals surface area contributed by atoms with Crippen molar-refractivity contribution in [3.05, 3.63) is 35.8 Å². The summed E-state index contributed by atoms with van der Waals surface area (Å²) >= 11 is 0. The first-order chi connectivity index (χ1) is 10.2. The minimum atomic E-state index is -1.08. The van der Waals surface area contributed by atoms with E-state index in [4.69, 9.17) is 0 Å². The predicted molar refractivity (Wildman–Crippen MR) is 78.9 cm³/mol. The highest BCUT2D eigenvalue weighted by molar-refractivity contribution is 5.68. The van der Waals surface area contributed by atoms with Crippen molar-refractivity contribution in [1.82, 2.24) is 9.38 Å². The summed E-state index contributed by atoms with van der Waals surface area (Å²) in [6.45, 7) is 7.31. The molecular formula is C16H23N3O2. The molecule has 5 heteroatoms. The zero-order valence-electron chi connectivity index (χ0n) is 12.8. The van der Waals surface area contributed by atoms with E-state index in [1.807, 2.05) is 28.8 Å². The van der Waals surface area contributed by atoms with Crippen LogP contribution < -0.4 is 10.0 Å². The lowest BCUT2D eigenvalue weighted by Gasteiger charge is -2.18. The maximum Gasteiger partial charge on any atom is 0.137 e. The highest BCUT2D eigenvalue weighted by atomic mass is 16.4. The Hall–Kier alpha value is -1.88. The number of aliphatic carboxylic acids is 1. The molecule has 0 saturated carbocycles. The monoisotopic (exact) mass is 289 g/mol. The summed E-state index contributed by atoms with van der Waals surface area (Å²) in [6, 6.07) is 5.76. The van der Waals surface area contributed by atoms with E-state index in [9.17, 15) is 9.90 Å². The second-order valence-electron chi connectivity index (χ2n) is 5.41. The number of fused-ring (bicyclic) bond motifs is 1. The third-order valence-electron chi connectivity index (χ3n) is 3.65. The smallest absolute Gasteiger partial charge is 0.137 e. The Labute approximate surface area is 125 Å². The van der Waals surface area contributed by atoms with Gasteiger partial charge in [0.25, 0.3) is 0 Å². The van der Waals surface area contributed by atoms with Crippen molar-refractivity contribution in [3.63, 3.8) is 0 Å². The second kappa shape index (κ2) is 7.22. The molecule has 0 radical (unpaired) electrons. The number of nitrogens with one attached hydrogen (secondary N) is 1. The molecule has 0 aliphatic rings. The molecule has 0 aliphatic carbocycles. The van der Waals surface area contributed by atoms with Crippen LogP contribution in [0.3, 0.4) is 0 Å². The van der Waals surface area contributed by atoms with Crippen LogP contribution in [0.2, 0.25) is 0 Å². The SMILES string of the molecule is CCC[NH+](CCC)Cc1c(CC(=O)[O-])nc2ccccn12. The fourth-order valence-corrected chi connectivity index (χ4v) is 2.81. The average Bonchev–Trinajstić information content (AvgIpc) is 2.77. The maximum atomic E-state index is 11.0. The molecule has 0 atom stereocenters. The van der Waals surface area contributed by atoms with Crippen LogP contribution in [0.4, 0.5) is 0 Å². The van der Waals surface area contributed by atoms with Gasteiger partial charge in [-0.3, -0.25) is 4.40 Å². The van der Waals surface area contributed by atoms with Gasteiger partial charge < -0.3 is 14.8 Å². The number of quaternary nitrogens is 1. The summed E-state index contributed by atoms with van der Waals surface area (Å²) in [5.74, 6) is -1.08. The number of carboxylic acid groups (broad SMARTS) is 1. The molecule has 0 spiro atoms. The van der Waals surface area contributed by atoms with E-state index >= 15 is 0 Å². The number of nitrogens with zero attached hydrogens (tertiary/aromatic N) is 2. The van der Waals surface area contributed by atoms with E-state index < -0.39 is 5.97 Å². The van der Waals surface area contributed by atoms with Crippen LogP contribution in [0, 0.1) is 0 Å². The molecule has 0 fully saturated rings. The Kier molecular flexibility index (Phi) is 5.33. The molecule has 0 saturated heterocycles. The van der Waals surface area contributed by atoms with Crippen LogP contribution in [0.5, 0.6) is 0 Å². The van der Waals surface area contributed by atoms with Gasteiger partial charge in [0.1, 0.15) is 17.9 Å². The molecular weight excluding hydrogens is 266 g/mol. The molecule has 1 N–H and O–H groups in total. The minimum Gasteiger partial charge on any atom is -0.550 e. The molecule has 0 bridgehead atoms. The van der Waals surface area contributed by atoms with Gasteiger partial charge in [-0.2, -0.15) is 0 Å². The Bertz CT molecular complexity index is 601. The molecule has 2 aromatic heterocycles. The maximum absolute atomic E-state index is 11.0. The molecule has 0 aromatic carbocycles. The fourth-order valence-electron chi connectivity index (χ4n) is 2.81. The van der Waals surface area contributed by atoms with E-state index in [2.05, 4.69) is 18.8 Å². The fraction of sp³-hybridized carbons (Fsp3) is 0.500. The first kappa shape index (κ1) is 15.5. The quantitative estimate of drug-likeness (QED) is 0.734. The standard InChI is InChI=1S/C16H23N3O2/c1-3-8-18(9-4-2)12-14-13(11-16(20)21)17-15-7-5-6-10-19(14)15/h5-7,10H,3-4,8-9,11-12H2,1-2H3,(H,20,21). The summed E-state index contributed by atoms with van der Waals surface area (Å²) in [7, 11) is 0. The Morgan fingerprint density at radius 2 is 2.00 bits per heavy atom. The van der Waals surface area contributed by atoms with Crippen LogP contribution in [0.1, 0.15) is 38.1 Å². The van der Waals surface area contributed by atoms with E-state index in [0.717, 1.165) is 43.8 Å². The van der Waals surface area contributed by atoms with E-state index in [-0.39, 0.29) is 6.42 Å². The number of aromatic nitrogens is 2. The van der Waals surface area contributed by atoms with Crippen molar-refractivity contribution in [1.29, 1.82) is 0 Å². The molecule has 2 rings (SSSR count). The van der Waals surface area contributed by atoms with Gasteiger partial charge in [-0.15, -0.1) is 0 Å². The summed E-state index contributed by atoms with van der Waals surface area (Å²) in [5, 5.41) is 11.0. The van der Waals surface area contributed by atoms with Gasteiger partial charge >= 0.3 is 0 Å². The van der Waals surface area contributed by atoms with Crippen molar-refractivity contribution >= 4 is 11.6 Å². The van der Waals surface area contributed by atoms with Crippen molar-refractivity contribution in [2.24, 2.45) is 0 Å². The lowest BCUT2D eigenvalue weighted by atomic mass is 10.2. The zero-order chi connectivity index (χ0) is 15.2. The summed E-state index contributed by atoms with van der Waals surface area (Å²) < 4.78 is 2.00. The third-order valence-corrected chi connectivity index (χ3v) is 3.65. The Morgan fingerprint density at radius 1 is 1.29 bits per heavy atom. The number of carboxylic acids is 1. The van der Waals surface area contributed by atoms with Gasteiger partial charge in [-0.1, -0.05) is 19.9 Å². The lowest BCUT2D eigenvalue weighted by molar-refractivity contribution is -0.914. The number of carbonyl (C=O) groups is 1. The van der Waals surface area contributed by atoms with E-state index in [1.54, 1.807) is 0 Å². The van der Waals surface area contributed by atoms with Crippen molar-refractivity contribution in [2.45, 2.75) is 39.7 Å². The van der Waals surface area contributed by atoms with Gasteiger partial charge in [-0.05, 0) is 25.0 Å². The van der Waals surface area contributed by atoms with Crippen molar-refractivity contribution < 1.29 is 14.8 Å². The molecule has 2 heterocycles. The van der Waals surface area contributed by atoms with Crippen LogP contribution in [0.15, 0.2) is 24.4 Å². The normalized spacial score (nSPS) is 11.4. The van der Waals surface area contributed by atoms with Gasteiger partial charge in [-0.25, -0.2) is 4.98 Å². The molecule has 0 unspecified atom stereocenters. The predicted octanol–water partition coefficient (Wildman–Crippen LogP) is -0.168. The summed E-state index contributed by atoms with van der Waals surface area (Å²) in [6.07, 6.45) is 4.05. The highest BCUT2D eigenvalue weighted by Gasteiger charge is 2.17. The van der Waals surface area contributed by atoms with Crippen molar-refractivity contribution in [3.8, 4) is 0 Å². The minimum absolute atomic E-state index is 0.122. The van der Waals surface area contributed by atoms with Gasteiger partial charge in [0.15, 0.2) is 0 Å². The Balaban J connectivity index is 2.36. The second-order valence-corrected chi connectivity index (χ2v) is 5.41. The first-order valence-corrected chi connectivity index (χ1v) is 7.64. The number of imidazole rings is 1. The summed E-state index contributed by atoms with van der Waals surface area (Å²) in [5.41, 5.74) is 2.42. The average molecular weight is 289 g/mol. The number of carbonyl (C=O) groups excluding carboxylic acids is 1. The summed E-state index contributed by atoms with van der Waals surface area (Å²) in [4.78, 5) is 16.9. The molecule has 2 aromatic rings. The van der Waals surface area contributed by atoms with Crippen LogP contribution in [-0.4, -0.2) is 28.4 Å². The first-order valence-electron chi connectivity index (χ1n) is 7.64. The van der Waals surface area contributed by atoms with E-state index in [1.165, 1.54) is 4.90 Å². The van der Waals surface area contributed by atoms with Gasteiger partial charge in [0.2, 0.25) is 0 Å². The van der Waals surface area contributed by atoms with E-state index in [0.29, 0.717) is 5.69 Å². The molecule has 5 nitrogen and oxygen atoms in total. The third kappa shape index (κ3) is 3.82. The molecule has 0 amide bonds. The number of hydrogen-bond acceptors (Lipinski definition) is 3. The van der Waals surface area contributed by atoms with Crippen LogP contribution >= 0.6 is 0 Å². The molecule has 0 aliphatic heterocycles. The van der Waals surface area contributed by atoms with Gasteiger partial charge in [0.05, 0.1) is 18.8 Å². The van der Waals surface area contributed by atoms with Crippen molar-refractivity contribution in [2.75, 3.05) is 13.1 Å². The van der Waals surface area contributed by atoms with Gasteiger partial charge in [0, 0.05) is 18.6 Å². The molecule has 114 valence electrons. The number of pyridine rings is 1.